The number of hydrogen-bond acceptors (Lipinski definition) is 7. The van der Waals surface area contributed by atoms with Crippen LogP contribution < -0.4 is 9.80 Å². The van der Waals surface area contributed by atoms with Gasteiger partial charge in [-0.3, -0.25) is 0 Å². The fourth-order valence-corrected chi connectivity index (χ4v) is 7.73. The number of benzene rings is 1. The third-order valence-corrected chi connectivity index (χ3v) is 9.95. The summed E-state index contributed by atoms with van der Waals surface area (Å²) in [5, 5.41) is 0. The molecule has 0 bridgehead atoms. The van der Waals surface area contributed by atoms with Crippen molar-refractivity contribution in [2.24, 2.45) is 5.92 Å². The molecular weight excluding hydrogens is 529 g/mol. The Balaban J connectivity index is 1.20. The Hall–Kier alpha value is -3.76. The van der Waals surface area contributed by atoms with E-state index in [0.29, 0.717) is 38.4 Å². The lowest BCUT2D eigenvalue weighted by atomic mass is 9.89. The van der Waals surface area contributed by atoms with E-state index in [4.69, 9.17) is 14.7 Å². The predicted molar refractivity (Wildman–Crippen MR) is 152 cm³/mol. The number of hydrogen-bond donors (Lipinski definition) is 0. The first-order valence-electron chi connectivity index (χ1n) is 13.6. The van der Waals surface area contributed by atoms with Crippen molar-refractivity contribution >= 4 is 32.7 Å². The molecule has 0 amide bonds. The number of aromatic nitrogens is 2. The molecule has 1 saturated heterocycles. The highest BCUT2D eigenvalue weighted by atomic mass is 32.2. The van der Waals surface area contributed by atoms with E-state index in [0.717, 1.165) is 52.6 Å². The highest BCUT2D eigenvalue weighted by Crippen LogP contribution is 2.48. The standard InChI is InChI=1S/C30H30FN5O3S/c1-20-2-5-22(6-3-20)40(37,38)36-27-9-4-21(31)18-23(27)24-19-35(13-12-28(24)36)30-11-8-25-26(33-30)7-10-29(32-25)34-14-16-39-17-15-34/h2-11,23H,12-19H2,1H3. The summed E-state index contributed by atoms with van der Waals surface area (Å²) >= 11 is 0. The molecule has 40 heavy (non-hydrogen) atoms. The van der Waals surface area contributed by atoms with Gasteiger partial charge in [-0.25, -0.2) is 27.1 Å². The van der Waals surface area contributed by atoms with E-state index in [9.17, 15) is 12.8 Å². The number of pyridine rings is 2. The Labute approximate surface area is 233 Å². The van der Waals surface area contributed by atoms with Gasteiger partial charge in [0.2, 0.25) is 0 Å². The molecule has 1 atom stereocenters. The number of sulfonamides is 1. The van der Waals surface area contributed by atoms with Gasteiger partial charge in [0.1, 0.15) is 17.5 Å². The molecule has 7 rings (SSSR count). The number of halogens is 1. The third kappa shape index (κ3) is 4.26. The van der Waals surface area contributed by atoms with E-state index in [1.165, 1.54) is 10.4 Å². The van der Waals surface area contributed by atoms with Gasteiger partial charge in [0.05, 0.1) is 29.1 Å². The summed E-state index contributed by atoms with van der Waals surface area (Å²) in [4.78, 5) is 14.3. The van der Waals surface area contributed by atoms with Gasteiger partial charge >= 0.3 is 0 Å². The van der Waals surface area contributed by atoms with Gasteiger partial charge in [0.25, 0.3) is 10.0 Å². The Kier molecular flexibility index (Phi) is 6.12. The van der Waals surface area contributed by atoms with Gasteiger partial charge < -0.3 is 14.5 Å². The predicted octanol–water partition coefficient (Wildman–Crippen LogP) is 4.70. The summed E-state index contributed by atoms with van der Waals surface area (Å²) in [5.74, 6) is 1.17. The number of ether oxygens (including phenoxy) is 1. The van der Waals surface area contributed by atoms with Crippen molar-refractivity contribution in [3.63, 3.8) is 0 Å². The molecule has 8 nitrogen and oxygen atoms in total. The van der Waals surface area contributed by atoms with Crippen LogP contribution in [0.1, 0.15) is 18.4 Å². The first-order chi connectivity index (χ1) is 19.4. The molecule has 2 aromatic heterocycles. The number of rotatable bonds is 4. The van der Waals surface area contributed by atoms with E-state index in [2.05, 4.69) is 9.80 Å². The molecule has 1 aromatic carbocycles. The molecule has 5 heterocycles. The molecule has 206 valence electrons. The zero-order valence-corrected chi connectivity index (χ0v) is 23.1. The molecular formula is C30H30FN5O3S. The maximum absolute atomic E-state index is 14.5. The molecule has 4 aliphatic rings. The van der Waals surface area contributed by atoms with Crippen LogP contribution in [0.4, 0.5) is 16.0 Å². The molecule has 0 saturated carbocycles. The van der Waals surface area contributed by atoms with Gasteiger partial charge in [-0.15, -0.1) is 0 Å². The van der Waals surface area contributed by atoms with E-state index in [1.54, 1.807) is 30.3 Å². The number of morpholine rings is 1. The summed E-state index contributed by atoms with van der Waals surface area (Å²) in [6.45, 7) is 6.05. The second-order valence-electron chi connectivity index (χ2n) is 10.7. The molecule has 0 N–H and O–H groups in total. The van der Waals surface area contributed by atoms with Crippen LogP contribution in [0.2, 0.25) is 0 Å². The fraction of sp³-hybridized carbons (Fsp3) is 0.333. The molecule has 3 aliphatic heterocycles. The van der Waals surface area contributed by atoms with Crippen LogP contribution in [-0.4, -0.2) is 62.1 Å². The Morgan fingerprint density at radius 2 is 1.55 bits per heavy atom. The largest absolute Gasteiger partial charge is 0.378 e. The van der Waals surface area contributed by atoms with Crippen molar-refractivity contribution in [2.75, 3.05) is 49.2 Å². The van der Waals surface area contributed by atoms with Crippen LogP contribution in [0.15, 0.2) is 88.4 Å². The number of aryl methyl sites for hydroxylation is 1. The Morgan fingerprint density at radius 1 is 0.875 bits per heavy atom. The smallest absolute Gasteiger partial charge is 0.268 e. The summed E-state index contributed by atoms with van der Waals surface area (Å²) in [5.41, 5.74) is 4.94. The lowest BCUT2D eigenvalue weighted by Gasteiger charge is -2.32. The second kappa shape index (κ2) is 9.71. The first kappa shape index (κ1) is 25.2. The van der Waals surface area contributed by atoms with Gasteiger partial charge in [0.15, 0.2) is 0 Å². The van der Waals surface area contributed by atoms with Crippen LogP contribution in [0, 0.1) is 12.8 Å². The van der Waals surface area contributed by atoms with E-state index in [-0.39, 0.29) is 23.1 Å². The summed E-state index contributed by atoms with van der Waals surface area (Å²) in [6, 6.07) is 14.9. The van der Waals surface area contributed by atoms with E-state index in [1.807, 2.05) is 31.2 Å². The fourth-order valence-electron chi connectivity index (χ4n) is 6.07. The van der Waals surface area contributed by atoms with Crippen molar-refractivity contribution in [1.82, 2.24) is 14.3 Å². The Morgan fingerprint density at radius 3 is 2.25 bits per heavy atom. The number of nitrogens with zero attached hydrogens (tertiary/aromatic N) is 5. The highest BCUT2D eigenvalue weighted by molar-refractivity contribution is 7.89. The molecule has 10 heteroatoms. The van der Waals surface area contributed by atoms with Gasteiger partial charge in [-0.2, -0.15) is 0 Å². The van der Waals surface area contributed by atoms with E-state index >= 15 is 0 Å². The number of allylic oxidation sites excluding steroid dienone is 4. The molecule has 0 radical (unpaired) electrons. The van der Waals surface area contributed by atoms with Crippen LogP contribution in [-0.2, 0) is 14.8 Å². The van der Waals surface area contributed by atoms with Crippen molar-refractivity contribution in [1.29, 1.82) is 0 Å². The zero-order chi connectivity index (χ0) is 27.4. The van der Waals surface area contributed by atoms with Gasteiger partial charge in [0, 0.05) is 56.3 Å². The van der Waals surface area contributed by atoms with Crippen LogP contribution >= 0.6 is 0 Å². The van der Waals surface area contributed by atoms with Crippen molar-refractivity contribution in [3.8, 4) is 0 Å². The summed E-state index contributed by atoms with van der Waals surface area (Å²) < 4.78 is 49.2. The van der Waals surface area contributed by atoms with Crippen molar-refractivity contribution in [2.45, 2.75) is 24.7 Å². The monoisotopic (exact) mass is 559 g/mol. The van der Waals surface area contributed by atoms with Crippen LogP contribution in [0.3, 0.4) is 0 Å². The lowest BCUT2D eigenvalue weighted by molar-refractivity contribution is 0.122. The average Bonchev–Trinajstić information content (AvgIpc) is 3.31. The quantitative estimate of drug-likeness (QED) is 0.459. The lowest BCUT2D eigenvalue weighted by Crippen LogP contribution is -2.36. The average molecular weight is 560 g/mol. The third-order valence-electron chi connectivity index (χ3n) is 8.17. The minimum absolute atomic E-state index is 0.164. The SMILES string of the molecule is Cc1ccc(S(=O)(=O)N2C3=CC=C(F)CC3C3=C2CCN(c2ccc4nc(N5CCOCC5)ccc4n2)C3)cc1. The molecule has 1 fully saturated rings. The van der Waals surface area contributed by atoms with Crippen LogP contribution in [0.5, 0.6) is 0 Å². The summed E-state index contributed by atoms with van der Waals surface area (Å²) in [7, 11) is -3.84. The summed E-state index contributed by atoms with van der Waals surface area (Å²) in [6.07, 6.45) is 3.70. The Bertz CT molecular complexity index is 1690. The number of fused-ring (bicyclic) bond motifs is 3. The highest BCUT2D eigenvalue weighted by Gasteiger charge is 2.45. The first-order valence-corrected chi connectivity index (χ1v) is 15.1. The maximum atomic E-state index is 14.5. The van der Waals surface area contributed by atoms with Crippen molar-refractivity contribution in [3.05, 3.63) is 89.0 Å². The zero-order valence-electron chi connectivity index (χ0n) is 22.3. The molecule has 3 aromatic rings. The van der Waals surface area contributed by atoms with Gasteiger partial charge in [-0.1, -0.05) is 17.7 Å². The second-order valence-corrected chi connectivity index (χ2v) is 12.5. The minimum atomic E-state index is -3.84. The van der Waals surface area contributed by atoms with Crippen LogP contribution in [0.25, 0.3) is 11.0 Å². The maximum Gasteiger partial charge on any atom is 0.268 e. The topological polar surface area (TPSA) is 78.9 Å². The normalized spacial score (nSPS) is 21.4. The van der Waals surface area contributed by atoms with E-state index < -0.39 is 10.0 Å². The minimum Gasteiger partial charge on any atom is -0.378 e. The van der Waals surface area contributed by atoms with Crippen molar-refractivity contribution < 1.29 is 17.5 Å². The molecule has 0 spiro atoms. The molecule has 1 aliphatic carbocycles. The number of anilines is 2. The van der Waals surface area contributed by atoms with Gasteiger partial charge in [-0.05, 0) is 61.0 Å². The molecule has 1 unspecified atom stereocenters.